The molecule has 0 radical (unpaired) electrons. The number of carbonyl (C=O) groups excluding carboxylic acids is 1. The highest BCUT2D eigenvalue weighted by molar-refractivity contribution is 7.08. The molecule has 0 aliphatic heterocycles. The molecule has 0 unspecified atom stereocenters. The van der Waals surface area contributed by atoms with Gasteiger partial charge in [-0.15, -0.1) is 10.2 Å². The van der Waals surface area contributed by atoms with Crippen LogP contribution >= 0.6 is 11.5 Å². The predicted octanol–water partition coefficient (Wildman–Crippen LogP) is 3.03. The van der Waals surface area contributed by atoms with Crippen LogP contribution in [0.15, 0.2) is 22.6 Å². The van der Waals surface area contributed by atoms with Crippen molar-refractivity contribution in [2.45, 2.75) is 32.6 Å². The fraction of sp³-hybridized carbons (Fsp3) is 0.312. The normalized spacial score (nSPS) is 13.5. The molecule has 1 N–H and O–H groups in total. The molecule has 0 atom stereocenters. The monoisotopic (exact) mass is 341 g/mol. The highest BCUT2D eigenvalue weighted by Crippen LogP contribution is 2.27. The summed E-state index contributed by atoms with van der Waals surface area (Å²) in [6, 6.07) is 6.28. The Labute approximate surface area is 142 Å². The number of aromatic nitrogens is 4. The van der Waals surface area contributed by atoms with E-state index in [4.69, 9.17) is 4.42 Å². The Bertz CT molecular complexity index is 902. The molecular weight excluding hydrogens is 326 g/mol. The summed E-state index contributed by atoms with van der Waals surface area (Å²) in [6.07, 6.45) is 4.67. The Balaban J connectivity index is 1.54. The lowest BCUT2D eigenvalue weighted by molar-refractivity contribution is 0.102. The zero-order valence-electron chi connectivity index (χ0n) is 13.1. The molecule has 2 heterocycles. The molecule has 1 amide bonds. The fourth-order valence-corrected chi connectivity index (χ4v) is 3.40. The molecule has 1 aromatic carbocycles. The number of nitrogens with one attached hydrogen (secondary N) is 1. The van der Waals surface area contributed by atoms with E-state index in [-0.39, 0.29) is 11.9 Å². The second kappa shape index (κ2) is 6.12. The fourth-order valence-electron chi connectivity index (χ4n) is 2.85. The third-order valence-electron chi connectivity index (χ3n) is 4.10. The first kappa shape index (κ1) is 14.9. The zero-order valence-corrected chi connectivity index (χ0v) is 13.9. The summed E-state index contributed by atoms with van der Waals surface area (Å²) >= 11 is 1.03. The molecule has 8 heteroatoms. The molecule has 0 bridgehead atoms. The van der Waals surface area contributed by atoms with Gasteiger partial charge in [0.2, 0.25) is 5.89 Å². The first-order chi connectivity index (χ1) is 11.7. The minimum absolute atomic E-state index is 0.0699. The highest BCUT2D eigenvalue weighted by Gasteiger charge is 2.18. The van der Waals surface area contributed by atoms with Gasteiger partial charge in [0.05, 0.1) is 5.69 Å². The summed E-state index contributed by atoms with van der Waals surface area (Å²) in [5, 5.41) is 14.3. The van der Waals surface area contributed by atoms with Crippen LogP contribution in [-0.2, 0) is 12.8 Å². The van der Waals surface area contributed by atoms with Crippen molar-refractivity contribution in [3.8, 4) is 11.5 Å². The van der Waals surface area contributed by atoms with Crippen LogP contribution in [0, 0.1) is 6.92 Å². The highest BCUT2D eigenvalue weighted by atomic mass is 32.1. The van der Waals surface area contributed by atoms with Crippen molar-refractivity contribution in [3.05, 3.63) is 39.9 Å². The van der Waals surface area contributed by atoms with Crippen LogP contribution in [0.1, 0.15) is 39.3 Å². The molecule has 0 spiro atoms. The number of hydrogen-bond acceptors (Lipinski definition) is 7. The third-order valence-corrected chi connectivity index (χ3v) is 4.93. The van der Waals surface area contributed by atoms with Gasteiger partial charge in [0.15, 0.2) is 0 Å². The Morgan fingerprint density at radius 3 is 2.79 bits per heavy atom. The number of benzene rings is 1. The molecule has 1 aliphatic carbocycles. The summed E-state index contributed by atoms with van der Waals surface area (Å²) in [4.78, 5) is 12.6. The van der Waals surface area contributed by atoms with Crippen LogP contribution in [0.3, 0.4) is 0 Å². The van der Waals surface area contributed by atoms with Gasteiger partial charge in [-0.05, 0) is 67.4 Å². The van der Waals surface area contributed by atoms with Gasteiger partial charge in [0, 0.05) is 5.56 Å². The van der Waals surface area contributed by atoms with E-state index in [1.807, 2.05) is 6.07 Å². The second-order valence-electron chi connectivity index (χ2n) is 5.74. The van der Waals surface area contributed by atoms with Crippen molar-refractivity contribution in [2.75, 3.05) is 5.32 Å². The van der Waals surface area contributed by atoms with Gasteiger partial charge in [-0.3, -0.25) is 10.1 Å². The molecule has 24 heavy (non-hydrogen) atoms. The summed E-state index contributed by atoms with van der Waals surface area (Å²) in [5.41, 5.74) is 4.19. The molecular formula is C16H15N5O2S. The maximum absolute atomic E-state index is 12.1. The molecule has 7 nitrogen and oxygen atoms in total. The van der Waals surface area contributed by atoms with Crippen LogP contribution in [-0.4, -0.2) is 25.7 Å². The van der Waals surface area contributed by atoms with Crippen LogP contribution in [0.25, 0.3) is 11.5 Å². The van der Waals surface area contributed by atoms with Gasteiger partial charge in [0.1, 0.15) is 4.88 Å². The summed E-state index contributed by atoms with van der Waals surface area (Å²) in [6.45, 7) is 1.73. The molecule has 1 aliphatic rings. The Morgan fingerprint density at radius 1 is 1.17 bits per heavy atom. The summed E-state index contributed by atoms with van der Waals surface area (Å²) in [5.74, 6) is 0.0564. The van der Waals surface area contributed by atoms with E-state index in [1.165, 1.54) is 24.0 Å². The lowest BCUT2D eigenvalue weighted by Gasteiger charge is -2.15. The SMILES string of the molecule is Cc1nnsc1C(=O)Nc1nnc(-c2ccc3c(c2)CCCC3)o1. The first-order valence-corrected chi connectivity index (χ1v) is 8.54. The molecule has 3 aromatic rings. The second-order valence-corrected chi connectivity index (χ2v) is 6.50. The zero-order chi connectivity index (χ0) is 16.5. The Hall–Kier alpha value is -2.61. The van der Waals surface area contributed by atoms with Gasteiger partial charge in [-0.1, -0.05) is 15.7 Å². The number of fused-ring (bicyclic) bond motifs is 1. The van der Waals surface area contributed by atoms with Crippen LogP contribution in [0.4, 0.5) is 6.01 Å². The number of anilines is 1. The molecule has 2 aromatic heterocycles. The van der Waals surface area contributed by atoms with E-state index in [0.29, 0.717) is 16.5 Å². The molecule has 0 saturated heterocycles. The average molecular weight is 341 g/mol. The van der Waals surface area contributed by atoms with Crippen LogP contribution < -0.4 is 5.32 Å². The smallest absolute Gasteiger partial charge is 0.322 e. The first-order valence-electron chi connectivity index (χ1n) is 7.77. The minimum atomic E-state index is -0.344. The summed E-state index contributed by atoms with van der Waals surface area (Å²) < 4.78 is 9.32. The van der Waals surface area contributed by atoms with E-state index in [1.54, 1.807) is 6.92 Å². The average Bonchev–Trinajstić information content (AvgIpc) is 3.23. The van der Waals surface area contributed by atoms with Gasteiger partial charge in [0.25, 0.3) is 5.91 Å². The van der Waals surface area contributed by atoms with Crippen molar-refractivity contribution < 1.29 is 9.21 Å². The number of aryl methyl sites for hydroxylation is 3. The van der Waals surface area contributed by atoms with E-state index < -0.39 is 0 Å². The van der Waals surface area contributed by atoms with Gasteiger partial charge < -0.3 is 4.42 Å². The van der Waals surface area contributed by atoms with E-state index >= 15 is 0 Å². The maximum atomic E-state index is 12.1. The minimum Gasteiger partial charge on any atom is -0.403 e. The van der Waals surface area contributed by atoms with Crippen molar-refractivity contribution in [1.29, 1.82) is 0 Å². The van der Waals surface area contributed by atoms with E-state index in [2.05, 4.69) is 37.2 Å². The quantitative estimate of drug-likeness (QED) is 0.787. The lowest BCUT2D eigenvalue weighted by Crippen LogP contribution is -2.11. The maximum Gasteiger partial charge on any atom is 0.322 e. The van der Waals surface area contributed by atoms with Crippen LogP contribution in [0.2, 0.25) is 0 Å². The molecule has 122 valence electrons. The third kappa shape index (κ3) is 2.80. The Morgan fingerprint density at radius 2 is 2.00 bits per heavy atom. The largest absolute Gasteiger partial charge is 0.403 e. The number of carbonyl (C=O) groups is 1. The molecule has 4 rings (SSSR count). The lowest BCUT2D eigenvalue weighted by atomic mass is 9.90. The van der Waals surface area contributed by atoms with Crippen LogP contribution in [0.5, 0.6) is 0 Å². The van der Waals surface area contributed by atoms with Gasteiger partial charge in [-0.25, -0.2) is 0 Å². The van der Waals surface area contributed by atoms with Crippen molar-refractivity contribution in [3.63, 3.8) is 0 Å². The van der Waals surface area contributed by atoms with Crippen molar-refractivity contribution >= 4 is 23.5 Å². The number of hydrogen-bond donors (Lipinski definition) is 1. The van der Waals surface area contributed by atoms with Crippen molar-refractivity contribution in [2.24, 2.45) is 0 Å². The number of amides is 1. The standard InChI is InChI=1S/C16H15N5O2S/c1-9-13(24-21-18-9)14(22)17-16-20-19-15(23-16)12-7-6-10-4-2-3-5-11(10)8-12/h6-8H,2-5H2,1H3,(H,17,20,22). The molecule has 0 saturated carbocycles. The summed E-state index contributed by atoms with van der Waals surface area (Å²) in [7, 11) is 0. The molecule has 0 fully saturated rings. The van der Waals surface area contributed by atoms with E-state index in [0.717, 1.165) is 29.9 Å². The van der Waals surface area contributed by atoms with Crippen molar-refractivity contribution in [1.82, 2.24) is 19.8 Å². The Kier molecular flexibility index (Phi) is 3.81. The van der Waals surface area contributed by atoms with E-state index in [9.17, 15) is 4.79 Å². The predicted molar refractivity (Wildman–Crippen MR) is 89.0 cm³/mol. The number of nitrogens with zero attached hydrogens (tertiary/aromatic N) is 4. The van der Waals surface area contributed by atoms with Gasteiger partial charge in [-0.2, -0.15) is 0 Å². The number of rotatable bonds is 3. The topological polar surface area (TPSA) is 93.8 Å². The van der Waals surface area contributed by atoms with Gasteiger partial charge >= 0.3 is 6.01 Å².